The van der Waals surface area contributed by atoms with Gasteiger partial charge in [-0.25, -0.2) is 8.78 Å². The van der Waals surface area contributed by atoms with Crippen LogP contribution < -0.4 is 10.6 Å². The summed E-state index contributed by atoms with van der Waals surface area (Å²) in [5.74, 6) is -4.55. The Morgan fingerprint density at radius 1 is 1.22 bits per heavy atom. The molecule has 0 heterocycles. The highest BCUT2D eigenvalue weighted by atomic mass is 35.5. The molecule has 98 valence electrons. The minimum Gasteiger partial charge on any atom is -0.395 e. The first-order chi connectivity index (χ1) is 8.45. The Balaban J connectivity index is 2.79. The Hall–Kier alpha value is -1.73. The van der Waals surface area contributed by atoms with Gasteiger partial charge in [0.2, 0.25) is 0 Å². The van der Waals surface area contributed by atoms with Crippen LogP contribution in [0.5, 0.6) is 0 Å². The van der Waals surface area contributed by atoms with Gasteiger partial charge in [-0.3, -0.25) is 9.59 Å². The Kier molecular flexibility index (Phi) is 4.99. The molecule has 1 aromatic rings. The number of carbonyl (C=O) groups is 2. The molecule has 1 rings (SSSR count). The van der Waals surface area contributed by atoms with Crippen LogP contribution in [-0.2, 0) is 9.59 Å². The molecule has 0 aliphatic heterocycles. The third kappa shape index (κ3) is 3.64. The van der Waals surface area contributed by atoms with Crippen LogP contribution in [0, 0.1) is 11.6 Å². The van der Waals surface area contributed by atoms with Crippen LogP contribution in [0.1, 0.15) is 0 Å². The lowest BCUT2D eigenvalue weighted by Crippen LogP contribution is -2.37. The van der Waals surface area contributed by atoms with Crippen molar-refractivity contribution in [2.75, 3.05) is 18.5 Å². The fourth-order valence-corrected chi connectivity index (χ4v) is 1.27. The van der Waals surface area contributed by atoms with Gasteiger partial charge >= 0.3 is 11.8 Å². The van der Waals surface area contributed by atoms with E-state index in [1.165, 1.54) is 0 Å². The highest BCUT2D eigenvalue weighted by molar-refractivity contribution is 6.39. The predicted octanol–water partition coefficient (Wildman–Crippen LogP) is 0.665. The molecule has 0 radical (unpaired) electrons. The summed E-state index contributed by atoms with van der Waals surface area (Å²) in [7, 11) is 0. The maximum atomic E-state index is 13.3. The van der Waals surface area contributed by atoms with Crippen molar-refractivity contribution in [2.45, 2.75) is 0 Å². The normalized spacial score (nSPS) is 10.0. The Bertz CT molecular complexity index is 459. The molecule has 0 aromatic heterocycles. The predicted molar refractivity (Wildman–Crippen MR) is 60.1 cm³/mol. The quantitative estimate of drug-likeness (QED) is 0.711. The van der Waals surface area contributed by atoms with Gasteiger partial charge in [0.05, 0.1) is 6.61 Å². The molecular formula is C10H9ClF2N2O3. The molecule has 0 atom stereocenters. The minimum atomic E-state index is -1.25. The number of anilines is 1. The van der Waals surface area contributed by atoms with E-state index >= 15 is 0 Å². The second kappa shape index (κ2) is 6.27. The fraction of sp³-hybridized carbons (Fsp3) is 0.200. The van der Waals surface area contributed by atoms with Crippen molar-refractivity contribution in [1.82, 2.24) is 5.32 Å². The molecule has 2 amide bonds. The second-order valence-electron chi connectivity index (χ2n) is 3.18. The van der Waals surface area contributed by atoms with Crippen molar-refractivity contribution in [3.63, 3.8) is 0 Å². The van der Waals surface area contributed by atoms with Gasteiger partial charge in [0.25, 0.3) is 0 Å². The van der Waals surface area contributed by atoms with Crippen molar-refractivity contribution in [3.8, 4) is 0 Å². The first kappa shape index (κ1) is 14.3. The molecule has 18 heavy (non-hydrogen) atoms. The zero-order valence-electron chi connectivity index (χ0n) is 8.97. The first-order valence-electron chi connectivity index (χ1n) is 4.80. The second-order valence-corrected chi connectivity index (χ2v) is 3.61. The molecule has 0 spiro atoms. The smallest absolute Gasteiger partial charge is 0.313 e. The van der Waals surface area contributed by atoms with E-state index in [0.29, 0.717) is 0 Å². The van der Waals surface area contributed by atoms with Crippen molar-refractivity contribution in [1.29, 1.82) is 0 Å². The SMILES string of the molecule is O=C(NCCO)C(=O)Nc1c(F)cc(Cl)cc1F. The lowest BCUT2D eigenvalue weighted by Gasteiger charge is -2.07. The average molecular weight is 279 g/mol. The van der Waals surface area contributed by atoms with Crippen molar-refractivity contribution in [2.24, 2.45) is 0 Å². The lowest BCUT2D eigenvalue weighted by atomic mass is 10.3. The van der Waals surface area contributed by atoms with E-state index in [0.717, 1.165) is 12.1 Å². The third-order valence-corrected chi connectivity index (χ3v) is 2.07. The molecule has 5 nitrogen and oxygen atoms in total. The summed E-state index contributed by atoms with van der Waals surface area (Å²) in [6.07, 6.45) is 0. The first-order valence-corrected chi connectivity index (χ1v) is 5.18. The van der Waals surface area contributed by atoms with Crippen LogP contribution in [0.25, 0.3) is 0 Å². The van der Waals surface area contributed by atoms with E-state index in [4.69, 9.17) is 16.7 Å². The summed E-state index contributed by atoms with van der Waals surface area (Å²) in [6.45, 7) is -0.499. The summed E-state index contributed by atoms with van der Waals surface area (Å²) >= 11 is 5.39. The zero-order valence-corrected chi connectivity index (χ0v) is 9.72. The van der Waals surface area contributed by atoms with Gasteiger partial charge in [-0.15, -0.1) is 0 Å². The van der Waals surface area contributed by atoms with E-state index in [1.54, 1.807) is 5.32 Å². The van der Waals surface area contributed by atoms with Crippen LogP contribution in [0.3, 0.4) is 0 Å². The zero-order chi connectivity index (χ0) is 13.7. The summed E-state index contributed by atoms with van der Waals surface area (Å²) in [5.41, 5.74) is -0.761. The number of benzene rings is 1. The van der Waals surface area contributed by atoms with Gasteiger partial charge in [0, 0.05) is 11.6 Å². The topological polar surface area (TPSA) is 78.4 Å². The number of halogens is 3. The standard InChI is InChI=1S/C10H9ClF2N2O3/c11-5-3-6(12)8(7(13)4-5)15-10(18)9(17)14-1-2-16/h3-4,16H,1-2H2,(H,14,17)(H,15,18). The van der Waals surface area contributed by atoms with Gasteiger partial charge in [0.1, 0.15) is 5.69 Å². The third-order valence-electron chi connectivity index (χ3n) is 1.85. The monoisotopic (exact) mass is 278 g/mol. The highest BCUT2D eigenvalue weighted by Gasteiger charge is 2.18. The number of aliphatic hydroxyl groups excluding tert-OH is 1. The van der Waals surface area contributed by atoms with Gasteiger partial charge < -0.3 is 15.7 Å². The molecule has 0 saturated carbocycles. The molecule has 0 fully saturated rings. The molecular weight excluding hydrogens is 270 g/mol. The molecule has 0 bridgehead atoms. The van der Waals surface area contributed by atoms with Crippen LogP contribution >= 0.6 is 11.6 Å². The van der Waals surface area contributed by atoms with Crippen molar-refractivity contribution < 1.29 is 23.5 Å². The van der Waals surface area contributed by atoms with E-state index in [1.807, 2.05) is 5.32 Å². The minimum absolute atomic E-state index is 0.141. The van der Waals surface area contributed by atoms with Crippen LogP contribution in [0.2, 0.25) is 5.02 Å². The number of carbonyl (C=O) groups excluding carboxylic acids is 2. The van der Waals surface area contributed by atoms with Crippen LogP contribution in [0.4, 0.5) is 14.5 Å². The number of amides is 2. The van der Waals surface area contributed by atoms with Gasteiger partial charge in [-0.05, 0) is 12.1 Å². The Morgan fingerprint density at radius 2 is 1.78 bits per heavy atom. The summed E-state index contributed by atoms with van der Waals surface area (Å²) in [6, 6.07) is 1.59. The number of aliphatic hydroxyl groups is 1. The highest BCUT2D eigenvalue weighted by Crippen LogP contribution is 2.23. The van der Waals surface area contributed by atoms with E-state index in [9.17, 15) is 18.4 Å². The fourth-order valence-electron chi connectivity index (χ4n) is 1.08. The van der Waals surface area contributed by atoms with Gasteiger partial charge in [0.15, 0.2) is 11.6 Å². The molecule has 1 aromatic carbocycles. The average Bonchev–Trinajstić information content (AvgIpc) is 2.30. The van der Waals surface area contributed by atoms with Gasteiger partial charge in [-0.1, -0.05) is 11.6 Å². The van der Waals surface area contributed by atoms with Crippen LogP contribution in [-0.4, -0.2) is 30.1 Å². The van der Waals surface area contributed by atoms with Crippen molar-refractivity contribution in [3.05, 3.63) is 28.8 Å². The van der Waals surface area contributed by atoms with E-state index in [2.05, 4.69) is 0 Å². The Morgan fingerprint density at radius 3 is 2.28 bits per heavy atom. The molecule has 0 saturated heterocycles. The van der Waals surface area contributed by atoms with Crippen LogP contribution in [0.15, 0.2) is 12.1 Å². The number of hydrogen-bond acceptors (Lipinski definition) is 3. The maximum absolute atomic E-state index is 13.3. The van der Waals surface area contributed by atoms with E-state index in [-0.39, 0.29) is 18.2 Å². The molecule has 0 aliphatic rings. The molecule has 0 aliphatic carbocycles. The summed E-state index contributed by atoms with van der Waals surface area (Å²) in [5, 5.41) is 12.1. The molecule has 3 N–H and O–H groups in total. The number of rotatable bonds is 3. The maximum Gasteiger partial charge on any atom is 0.313 e. The summed E-state index contributed by atoms with van der Waals surface area (Å²) in [4.78, 5) is 22.3. The molecule has 0 unspecified atom stereocenters. The summed E-state index contributed by atoms with van der Waals surface area (Å²) < 4.78 is 26.6. The Labute approximate surface area is 106 Å². The number of hydrogen-bond donors (Lipinski definition) is 3. The lowest BCUT2D eigenvalue weighted by molar-refractivity contribution is -0.136. The molecule has 8 heteroatoms. The number of nitrogens with one attached hydrogen (secondary N) is 2. The largest absolute Gasteiger partial charge is 0.395 e. The van der Waals surface area contributed by atoms with Crippen molar-refractivity contribution >= 4 is 29.1 Å². The van der Waals surface area contributed by atoms with Gasteiger partial charge in [-0.2, -0.15) is 0 Å². The van der Waals surface area contributed by atoms with E-state index < -0.39 is 29.1 Å².